The number of hydrogen-bond donors (Lipinski definition) is 3. The van der Waals surface area contributed by atoms with E-state index in [0.29, 0.717) is 0 Å². The standard InChI is InChI=1S/C7H8S.CH6O5P2/c1-8-7-5-3-2-4-6-7;2-7(3)1-8(4,5)6/h2-6H,1H3;7H,1H2,(H,2,3)(H2,4,5,6). The van der Waals surface area contributed by atoms with Crippen LogP contribution in [0, 0.1) is 0 Å². The maximum atomic E-state index is 9.80. The van der Waals surface area contributed by atoms with Crippen LogP contribution in [0.2, 0.25) is 0 Å². The van der Waals surface area contributed by atoms with E-state index in [9.17, 15) is 9.13 Å². The Morgan fingerprint density at radius 3 is 2.00 bits per heavy atom. The maximum Gasteiger partial charge on any atom is 0.334 e. The second-order valence-corrected chi connectivity index (χ2v) is 7.00. The lowest BCUT2D eigenvalue weighted by atomic mass is 10.4. The van der Waals surface area contributed by atoms with E-state index < -0.39 is 21.5 Å². The van der Waals surface area contributed by atoms with Crippen molar-refractivity contribution in [1.82, 2.24) is 0 Å². The Kier molecular flexibility index (Phi) is 8.02. The highest BCUT2D eigenvalue weighted by Gasteiger charge is 2.15. The summed E-state index contributed by atoms with van der Waals surface area (Å²) in [6, 6.07) is 10.3. The summed E-state index contributed by atoms with van der Waals surface area (Å²) in [6.07, 6.45) is 2.08. The molecule has 0 fully saturated rings. The first-order valence-corrected chi connectivity index (χ1v) is 8.79. The third-order valence-corrected chi connectivity index (χ3v) is 4.79. The summed E-state index contributed by atoms with van der Waals surface area (Å²) < 4.78 is 19.5. The number of hydrogen-bond acceptors (Lipinski definition) is 3. The molecule has 5 nitrogen and oxygen atoms in total. The minimum atomic E-state index is -4.24. The van der Waals surface area contributed by atoms with Crippen molar-refractivity contribution in [3.05, 3.63) is 30.3 Å². The van der Waals surface area contributed by atoms with E-state index in [-0.39, 0.29) is 0 Å². The quantitative estimate of drug-likeness (QED) is 0.580. The van der Waals surface area contributed by atoms with Gasteiger partial charge in [0.2, 0.25) is 8.03 Å². The van der Waals surface area contributed by atoms with E-state index in [0.717, 1.165) is 0 Å². The van der Waals surface area contributed by atoms with Crippen molar-refractivity contribution in [1.29, 1.82) is 0 Å². The van der Waals surface area contributed by atoms with E-state index in [1.54, 1.807) is 11.8 Å². The summed E-state index contributed by atoms with van der Waals surface area (Å²) in [5.41, 5.74) is 0. The normalized spacial score (nSPS) is 12.5. The van der Waals surface area contributed by atoms with Gasteiger partial charge in [0.25, 0.3) is 0 Å². The van der Waals surface area contributed by atoms with Crippen LogP contribution in [0.5, 0.6) is 0 Å². The molecule has 0 spiro atoms. The van der Waals surface area contributed by atoms with E-state index in [1.807, 2.05) is 18.2 Å². The van der Waals surface area contributed by atoms with Crippen LogP contribution in [0.15, 0.2) is 35.2 Å². The predicted octanol–water partition coefficient (Wildman–Crippen LogP) is 2.00. The molecule has 0 aliphatic heterocycles. The average molecular weight is 284 g/mol. The highest BCUT2D eigenvalue weighted by atomic mass is 32.2. The Labute approximate surface area is 98.9 Å². The SMILES string of the molecule is CSc1ccccc1.O=[PH](O)CP(=O)(O)O. The van der Waals surface area contributed by atoms with Gasteiger partial charge in [-0.2, -0.15) is 0 Å². The van der Waals surface area contributed by atoms with Crippen molar-refractivity contribution in [2.24, 2.45) is 0 Å². The summed E-state index contributed by atoms with van der Waals surface area (Å²) in [7, 11) is -7.24. The first-order chi connectivity index (χ1) is 7.35. The summed E-state index contributed by atoms with van der Waals surface area (Å²) in [6.45, 7) is 0. The molecule has 1 unspecified atom stereocenters. The van der Waals surface area contributed by atoms with Crippen LogP contribution in [0.25, 0.3) is 0 Å². The number of rotatable bonds is 3. The molecule has 1 aromatic carbocycles. The van der Waals surface area contributed by atoms with Gasteiger partial charge in [-0.25, -0.2) is 0 Å². The molecule has 0 aliphatic rings. The van der Waals surface area contributed by atoms with Crippen molar-refractivity contribution < 1.29 is 23.8 Å². The van der Waals surface area contributed by atoms with Crippen molar-refractivity contribution in [2.75, 3.05) is 12.2 Å². The zero-order valence-corrected chi connectivity index (χ0v) is 11.3. The summed E-state index contributed by atoms with van der Waals surface area (Å²) in [5, 5.41) is 0. The average Bonchev–Trinajstić information content (AvgIpc) is 2.16. The lowest BCUT2D eigenvalue weighted by Gasteiger charge is -1.96. The largest absolute Gasteiger partial charge is 0.346 e. The molecule has 1 atom stereocenters. The first kappa shape index (κ1) is 15.9. The van der Waals surface area contributed by atoms with Crippen LogP contribution in [0.3, 0.4) is 0 Å². The fourth-order valence-electron chi connectivity index (χ4n) is 0.733. The lowest BCUT2D eigenvalue weighted by Crippen LogP contribution is -1.78. The van der Waals surface area contributed by atoms with Crippen LogP contribution < -0.4 is 0 Å². The van der Waals surface area contributed by atoms with Crippen LogP contribution >= 0.6 is 27.4 Å². The van der Waals surface area contributed by atoms with Crippen molar-refractivity contribution in [2.45, 2.75) is 4.90 Å². The third kappa shape index (κ3) is 10.4. The summed E-state index contributed by atoms with van der Waals surface area (Å²) in [5.74, 6) is -0.905. The molecule has 0 amide bonds. The van der Waals surface area contributed by atoms with E-state index in [4.69, 9.17) is 14.7 Å². The Bertz CT molecular complexity index is 364. The number of thioether (sulfide) groups is 1. The fraction of sp³-hybridized carbons (Fsp3) is 0.250. The summed E-state index contributed by atoms with van der Waals surface area (Å²) in [4.78, 5) is 25.2. The van der Waals surface area contributed by atoms with Crippen LogP contribution in [0.4, 0.5) is 0 Å². The van der Waals surface area contributed by atoms with Crippen molar-refractivity contribution in [3.8, 4) is 0 Å². The molecular weight excluding hydrogens is 270 g/mol. The van der Waals surface area contributed by atoms with Crippen LogP contribution in [0.1, 0.15) is 0 Å². The molecular formula is C8H14O5P2S. The van der Waals surface area contributed by atoms with Gasteiger partial charge in [0.05, 0.1) is 0 Å². The number of benzene rings is 1. The molecule has 8 heteroatoms. The van der Waals surface area contributed by atoms with Gasteiger partial charge in [0.15, 0.2) is 0 Å². The second kappa shape index (κ2) is 8.07. The molecule has 1 rings (SSSR count). The van der Waals surface area contributed by atoms with Crippen LogP contribution in [-0.4, -0.2) is 26.8 Å². The lowest BCUT2D eigenvalue weighted by molar-refractivity contribution is 0.377. The topological polar surface area (TPSA) is 94.8 Å². The zero-order chi connectivity index (χ0) is 12.6. The Morgan fingerprint density at radius 2 is 1.81 bits per heavy atom. The molecule has 0 aromatic heterocycles. The maximum absolute atomic E-state index is 9.80. The molecule has 1 aromatic rings. The van der Waals surface area contributed by atoms with Gasteiger partial charge in [-0.15, -0.1) is 11.8 Å². The first-order valence-electron chi connectivity index (χ1n) is 4.20. The Morgan fingerprint density at radius 1 is 1.31 bits per heavy atom. The summed E-state index contributed by atoms with van der Waals surface area (Å²) >= 11 is 1.77. The minimum Gasteiger partial charge on any atom is -0.346 e. The van der Waals surface area contributed by atoms with Gasteiger partial charge >= 0.3 is 7.60 Å². The van der Waals surface area contributed by atoms with Gasteiger partial charge in [-0.3, -0.25) is 9.13 Å². The van der Waals surface area contributed by atoms with Gasteiger partial charge in [-0.05, 0) is 18.4 Å². The molecule has 3 N–H and O–H groups in total. The molecule has 0 heterocycles. The van der Waals surface area contributed by atoms with Gasteiger partial charge in [0.1, 0.15) is 5.90 Å². The third-order valence-electron chi connectivity index (χ3n) is 1.32. The van der Waals surface area contributed by atoms with Gasteiger partial charge in [0, 0.05) is 4.90 Å². The van der Waals surface area contributed by atoms with Crippen molar-refractivity contribution >= 4 is 27.4 Å². The molecule has 16 heavy (non-hydrogen) atoms. The minimum absolute atomic E-state index is 0.905. The fourth-order valence-corrected chi connectivity index (χ4v) is 2.57. The molecule has 0 bridgehead atoms. The van der Waals surface area contributed by atoms with Crippen LogP contribution in [-0.2, 0) is 9.13 Å². The monoisotopic (exact) mass is 284 g/mol. The Balaban J connectivity index is 0.000000281. The molecule has 0 aliphatic carbocycles. The smallest absolute Gasteiger partial charge is 0.334 e. The Hall–Kier alpha value is -0.0900. The molecule has 0 saturated heterocycles. The van der Waals surface area contributed by atoms with E-state index in [1.165, 1.54) is 4.90 Å². The zero-order valence-electron chi connectivity index (χ0n) is 8.61. The van der Waals surface area contributed by atoms with Gasteiger partial charge in [-0.1, -0.05) is 18.2 Å². The van der Waals surface area contributed by atoms with Crippen molar-refractivity contribution in [3.63, 3.8) is 0 Å². The second-order valence-electron chi connectivity index (χ2n) is 2.73. The highest BCUT2D eigenvalue weighted by molar-refractivity contribution is 7.98. The molecule has 92 valence electrons. The highest BCUT2D eigenvalue weighted by Crippen LogP contribution is 2.42. The van der Waals surface area contributed by atoms with E-state index in [2.05, 4.69) is 18.4 Å². The van der Waals surface area contributed by atoms with E-state index >= 15 is 0 Å². The predicted molar refractivity (Wildman–Crippen MR) is 66.4 cm³/mol. The molecule has 0 radical (unpaired) electrons. The van der Waals surface area contributed by atoms with Gasteiger partial charge < -0.3 is 14.7 Å². The molecule has 0 saturated carbocycles.